The molecule has 2 N–H and O–H groups in total. The van der Waals surface area contributed by atoms with E-state index in [1.165, 1.54) is 16.9 Å². The van der Waals surface area contributed by atoms with Gasteiger partial charge in [-0.05, 0) is 41.7 Å². The van der Waals surface area contributed by atoms with Crippen LogP contribution in [0.15, 0.2) is 63.9 Å². The maximum Gasteiger partial charge on any atom is 0.338 e. The summed E-state index contributed by atoms with van der Waals surface area (Å²) in [6.45, 7) is 6.55. The largest absolute Gasteiger partial charge is 0.462 e. The van der Waals surface area contributed by atoms with Crippen LogP contribution in [0, 0.1) is 0 Å². The molecule has 0 bridgehead atoms. The number of rotatable bonds is 9. The van der Waals surface area contributed by atoms with Crippen molar-refractivity contribution in [2.45, 2.75) is 38.3 Å². The van der Waals surface area contributed by atoms with Crippen LogP contribution >= 0.6 is 23.1 Å². The van der Waals surface area contributed by atoms with Gasteiger partial charge in [0, 0.05) is 16.6 Å². The molecule has 9 heteroatoms. The van der Waals surface area contributed by atoms with Gasteiger partial charge < -0.3 is 15.0 Å². The first-order chi connectivity index (χ1) is 17.4. The van der Waals surface area contributed by atoms with Crippen molar-refractivity contribution in [1.29, 1.82) is 0 Å². The first-order valence-corrected chi connectivity index (χ1v) is 13.5. The summed E-state index contributed by atoms with van der Waals surface area (Å²) in [5.41, 5.74) is 3.70. The number of nitrogens with zero attached hydrogens (tertiary/aromatic N) is 1. The number of thioether (sulfide) groups is 1. The number of aromatic amines is 1. The van der Waals surface area contributed by atoms with Crippen molar-refractivity contribution in [2.75, 3.05) is 17.7 Å². The van der Waals surface area contributed by atoms with Crippen LogP contribution in [-0.2, 0) is 9.53 Å². The van der Waals surface area contributed by atoms with Crippen LogP contribution in [0.5, 0.6) is 0 Å². The van der Waals surface area contributed by atoms with Crippen molar-refractivity contribution < 1.29 is 14.3 Å². The summed E-state index contributed by atoms with van der Waals surface area (Å²) in [6.07, 6.45) is 0.736. The normalized spacial score (nSPS) is 11.1. The predicted molar refractivity (Wildman–Crippen MR) is 146 cm³/mol. The molecule has 0 aliphatic heterocycles. The molecule has 2 heterocycles. The molecule has 0 fully saturated rings. The molecule has 0 atom stereocenters. The molecule has 186 valence electrons. The van der Waals surface area contributed by atoms with E-state index in [0.717, 1.165) is 29.3 Å². The van der Waals surface area contributed by atoms with Crippen molar-refractivity contribution in [3.63, 3.8) is 0 Å². The Morgan fingerprint density at radius 3 is 2.67 bits per heavy atom. The number of nitrogens with one attached hydrogen (secondary N) is 2. The number of carbonyl (C=O) groups is 2. The Labute approximate surface area is 217 Å². The lowest BCUT2D eigenvalue weighted by Crippen LogP contribution is -2.16. The second kappa shape index (κ2) is 11.5. The first kappa shape index (κ1) is 25.7. The molecule has 4 aromatic rings. The molecule has 2 aromatic heterocycles. The fourth-order valence-corrected chi connectivity index (χ4v) is 5.26. The van der Waals surface area contributed by atoms with Gasteiger partial charge in [0.2, 0.25) is 5.91 Å². The summed E-state index contributed by atoms with van der Waals surface area (Å²) in [5.74, 6) is -0.220. The van der Waals surface area contributed by atoms with E-state index in [9.17, 15) is 14.4 Å². The van der Waals surface area contributed by atoms with Gasteiger partial charge in [-0.3, -0.25) is 9.59 Å². The van der Waals surface area contributed by atoms with Gasteiger partial charge in [0.1, 0.15) is 4.83 Å². The molecule has 0 aliphatic carbocycles. The van der Waals surface area contributed by atoms with Gasteiger partial charge in [0.15, 0.2) is 5.16 Å². The monoisotopic (exact) mass is 521 g/mol. The minimum Gasteiger partial charge on any atom is -0.462 e. The molecule has 0 unspecified atom stereocenters. The predicted octanol–water partition coefficient (Wildman–Crippen LogP) is 6.07. The smallest absolute Gasteiger partial charge is 0.338 e. The van der Waals surface area contributed by atoms with Crippen molar-refractivity contribution in [1.82, 2.24) is 9.97 Å². The number of ether oxygens (including phenoxy) is 1. The molecule has 2 aromatic carbocycles. The zero-order valence-corrected chi connectivity index (χ0v) is 21.9. The third-order valence-corrected chi connectivity index (χ3v) is 7.22. The zero-order chi connectivity index (χ0) is 25.7. The minimum atomic E-state index is -0.427. The van der Waals surface area contributed by atoms with Gasteiger partial charge >= 0.3 is 5.97 Å². The number of H-pyrrole nitrogens is 1. The summed E-state index contributed by atoms with van der Waals surface area (Å²) in [4.78, 5) is 45.4. The van der Waals surface area contributed by atoms with Crippen LogP contribution in [0.2, 0.25) is 0 Å². The number of carbonyl (C=O) groups excluding carboxylic acids is 2. The molecular weight excluding hydrogens is 494 g/mol. The van der Waals surface area contributed by atoms with Crippen LogP contribution < -0.4 is 10.9 Å². The number of amides is 1. The van der Waals surface area contributed by atoms with E-state index in [-0.39, 0.29) is 17.2 Å². The highest BCUT2D eigenvalue weighted by Crippen LogP contribution is 2.32. The average Bonchev–Trinajstić information content (AvgIpc) is 3.31. The number of benzene rings is 2. The molecule has 36 heavy (non-hydrogen) atoms. The number of esters is 1. The van der Waals surface area contributed by atoms with Crippen molar-refractivity contribution >= 4 is 50.9 Å². The lowest BCUT2D eigenvalue weighted by molar-refractivity contribution is -0.113. The van der Waals surface area contributed by atoms with E-state index in [0.29, 0.717) is 39.1 Å². The van der Waals surface area contributed by atoms with Crippen molar-refractivity contribution in [3.05, 3.63) is 75.4 Å². The Bertz CT molecular complexity index is 1440. The second-order valence-corrected chi connectivity index (χ2v) is 10.4. The third-order valence-electron chi connectivity index (χ3n) is 5.47. The summed E-state index contributed by atoms with van der Waals surface area (Å²) in [5, 5.41) is 5.64. The standard InChI is InChI=1S/C27H27N3O4S2/c1-4-12-34-26(33)19-6-5-7-20(13-19)28-22(31)15-36-27-29-24(32)23-21(14-35-25(23)30-27)18-10-8-17(9-11-18)16(2)3/h5-11,13-14,16H,4,12,15H2,1-3H3,(H,28,31)(H,29,30,32). The Kier molecular flexibility index (Phi) is 8.22. The molecule has 0 spiro atoms. The molecular formula is C27H27N3O4S2. The van der Waals surface area contributed by atoms with Crippen LogP contribution in [0.1, 0.15) is 49.0 Å². The number of fused-ring (bicyclic) bond motifs is 1. The van der Waals surface area contributed by atoms with Gasteiger partial charge in [-0.2, -0.15) is 0 Å². The molecule has 7 nitrogen and oxygen atoms in total. The highest BCUT2D eigenvalue weighted by Gasteiger charge is 2.15. The Balaban J connectivity index is 1.43. The molecule has 1 amide bonds. The zero-order valence-electron chi connectivity index (χ0n) is 20.3. The van der Waals surface area contributed by atoms with Gasteiger partial charge in [0.05, 0.1) is 23.3 Å². The Morgan fingerprint density at radius 2 is 1.94 bits per heavy atom. The molecule has 0 saturated heterocycles. The summed E-state index contributed by atoms with van der Waals surface area (Å²) in [7, 11) is 0. The summed E-state index contributed by atoms with van der Waals surface area (Å²) in [6, 6.07) is 14.8. The number of hydrogen-bond acceptors (Lipinski definition) is 7. The summed E-state index contributed by atoms with van der Waals surface area (Å²) >= 11 is 2.55. The summed E-state index contributed by atoms with van der Waals surface area (Å²) < 4.78 is 5.14. The van der Waals surface area contributed by atoms with Gasteiger partial charge in [0.25, 0.3) is 5.56 Å². The maximum atomic E-state index is 12.9. The fourth-order valence-electron chi connectivity index (χ4n) is 3.59. The lowest BCUT2D eigenvalue weighted by Gasteiger charge is -2.08. The van der Waals surface area contributed by atoms with E-state index in [1.54, 1.807) is 24.3 Å². The number of thiophene rings is 1. The highest BCUT2D eigenvalue weighted by molar-refractivity contribution is 7.99. The minimum absolute atomic E-state index is 0.0495. The van der Waals surface area contributed by atoms with Crippen molar-refractivity contribution in [2.24, 2.45) is 0 Å². The molecule has 0 saturated carbocycles. The van der Waals surface area contributed by atoms with Crippen LogP contribution in [0.4, 0.5) is 5.69 Å². The number of aromatic nitrogens is 2. The van der Waals surface area contributed by atoms with Gasteiger partial charge in [-0.25, -0.2) is 9.78 Å². The van der Waals surface area contributed by atoms with E-state index < -0.39 is 5.97 Å². The third kappa shape index (κ3) is 6.03. The molecule has 0 aliphatic rings. The quantitative estimate of drug-likeness (QED) is 0.157. The maximum absolute atomic E-state index is 12.9. The van der Waals surface area contributed by atoms with Crippen LogP contribution in [0.25, 0.3) is 21.3 Å². The average molecular weight is 522 g/mol. The topological polar surface area (TPSA) is 101 Å². The Hall–Kier alpha value is -3.43. The number of hydrogen-bond donors (Lipinski definition) is 2. The van der Waals surface area contributed by atoms with E-state index >= 15 is 0 Å². The van der Waals surface area contributed by atoms with Gasteiger partial charge in [-0.15, -0.1) is 11.3 Å². The van der Waals surface area contributed by atoms with E-state index in [1.807, 2.05) is 24.4 Å². The SMILES string of the molecule is CCCOC(=O)c1cccc(NC(=O)CSc2nc3scc(-c4ccc(C(C)C)cc4)c3c(=O)[nH]2)c1. The molecule has 0 radical (unpaired) electrons. The van der Waals surface area contributed by atoms with Crippen molar-refractivity contribution in [3.8, 4) is 11.1 Å². The van der Waals surface area contributed by atoms with E-state index in [2.05, 4.69) is 41.3 Å². The molecule has 4 rings (SSSR count). The van der Waals surface area contributed by atoms with Crippen LogP contribution in [-0.4, -0.2) is 34.2 Å². The second-order valence-electron chi connectivity index (χ2n) is 8.53. The number of anilines is 1. The lowest BCUT2D eigenvalue weighted by atomic mass is 9.99. The van der Waals surface area contributed by atoms with E-state index in [4.69, 9.17) is 4.74 Å². The first-order valence-electron chi connectivity index (χ1n) is 11.7. The van der Waals surface area contributed by atoms with Crippen LogP contribution in [0.3, 0.4) is 0 Å². The Morgan fingerprint density at radius 1 is 1.17 bits per heavy atom. The van der Waals surface area contributed by atoms with Gasteiger partial charge in [-0.1, -0.05) is 62.9 Å². The fraction of sp³-hybridized carbons (Fsp3) is 0.259. The highest BCUT2D eigenvalue weighted by atomic mass is 32.2.